The number of anilines is 1. The molecule has 1 aromatic heterocycles. The Morgan fingerprint density at radius 2 is 1.77 bits per heavy atom. The van der Waals surface area contributed by atoms with Crippen LogP contribution in [0.3, 0.4) is 0 Å². The lowest BCUT2D eigenvalue weighted by Crippen LogP contribution is -2.25. The smallest absolute Gasteiger partial charge is 0.270 e. The van der Waals surface area contributed by atoms with E-state index in [0.717, 1.165) is 32.5 Å². The summed E-state index contributed by atoms with van der Waals surface area (Å²) in [4.78, 5) is 22.5. The Balaban J connectivity index is 1.92. The van der Waals surface area contributed by atoms with Gasteiger partial charge in [0.05, 0.1) is 20.5 Å². The summed E-state index contributed by atoms with van der Waals surface area (Å²) in [6.45, 7) is 9.46. The van der Waals surface area contributed by atoms with E-state index in [0.29, 0.717) is 43.2 Å². The van der Waals surface area contributed by atoms with Crippen LogP contribution in [0.2, 0.25) is 15.1 Å². The molecular weight excluding hydrogens is 509 g/mol. The first-order valence-electron chi connectivity index (χ1n) is 11.5. The number of nitro groups is 1. The Labute approximate surface area is 220 Å². The second-order valence-electron chi connectivity index (χ2n) is 8.22. The molecule has 3 aromatic rings. The highest BCUT2D eigenvalue weighted by Crippen LogP contribution is 2.31. The highest BCUT2D eigenvalue weighted by Gasteiger charge is 2.15. The number of hydrogen-bond acceptors (Lipinski definition) is 6. The van der Waals surface area contributed by atoms with E-state index in [1.165, 1.54) is 12.1 Å². The van der Waals surface area contributed by atoms with E-state index < -0.39 is 4.92 Å². The number of halogens is 3. The van der Waals surface area contributed by atoms with Crippen LogP contribution in [0.25, 0.3) is 23.1 Å². The Morgan fingerprint density at radius 3 is 2.40 bits per heavy atom. The predicted molar refractivity (Wildman–Crippen MR) is 147 cm³/mol. The van der Waals surface area contributed by atoms with Gasteiger partial charge in [-0.2, -0.15) is 0 Å². The molecule has 0 radical (unpaired) electrons. The molecule has 35 heavy (non-hydrogen) atoms. The van der Waals surface area contributed by atoms with Crippen LogP contribution in [-0.4, -0.2) is 45.5 Å². The van der Waals surface area contributed by atoms with Crippen LogP contribution in [0.4, 0.5) is 11.5 Å². The molecule has 0 spiro atoms. The Morgan fingerprint density at radius 1 is 1.09 bits per heavy atom. The quantitative estimate of drug-likeness (QED) is 0.201. The van der Waals surface area contributed by atoms with Crippen molar-refractivity contribution < 1.29 is 4.92 Å². The summed E-state index contributed by atoms with van der Waals surface area (Å²) in [7, 11) is 0. The van der Waals surface area contributed by atoms with Gasteiger partial charge in [0.15, 0.2) is 5.82 Å². The van der Waals surface area contributed by atoms with Crippen molar-refractivity contribution in [1.29, 1.82) is 0 Å². The number of non-ortho nitro benzene ring substituents is 1. The maximum absolute atomic E-state index is 11.3. The number of nitrogens with zero attached hydrogens (tertiary/aromatic N) is 4. The Kier molecular flexibility index (Phi) is 9.69. The van der Waals surface area contributed by atoms with E-state index in [9.17, 15) is 10.1 Å². The molecule has 10 heteroatoms. The minimum absolute atomic E-state index is 0.0126. The van der Waals surface area contributed by atoms with Gasteiger partial charge in [-0.15, -0.1) is 0 Å². The van der Waals surface area contributed by atoms with E-state index in [-0.39, 0.29) is 11.7 Å². The highest BCUT2D eigenvalue weighted by atomic mass is 35.5. The fraction of sp³-hybridized carbons (Fsp3) is 0.360. The second kappa shape index (κ2) is 12.5. The minimum Gasteiger partial charge on any atom is -0.367 e. The number of fused-ring (bicyclic) bond motifs is 1. The van der Waals surface area contributed by atoms with Gasteiger partial charge in [-0.3, -0.25) is 10.1 Å². The Bertz CT molecular complexity index is 1210. The van der Waals surface area contributed by atoms with Crippen LogP contribution in [0, 0.1) is 10.1 Å². The zero-order valence-electron chi connectivity index (χ0n) is 19.9. The van der Waals surface area contributed by atoms with E-state index in [1.807, 2.05) is 0 Å². The van der Waals surface area contributed by atoms with E-state index in [1.54, 1.807) is 30.4 Å². The molecule has 0 saturated carbocycles. The van der Waals surface area contributed by atoms with Gasteiger partial charge < -0.3 is 10.2 Å². The molecule has 1 atom stereocenters. The van der Waals surface area contributed by atoms with Crippen LogP contribution in [0.15, 0.2) is 30.3 Å². The molecule has 0 unspecified atom stereocenters. The topological polar surface area (TPSA) is 84.2 Å². The van der Waals surface area contributed by atoms with Gasteiger partial charge >= 0.3 is 0 Å². The highest BCUT2D eigenvalue weighted by molar-refractivity contribution is 6.40. The van der Waals surface area contributed by atoms with Crippen molar-refractivity contribution in [3.8, 4) is 0 Å². The average molecular weight is 537 g/mol. The lowest BCUT2D eigenvalue weighted by Gasteiger charge is -2.20. The van der Waals surface area contributed by atoms with Crippen LogP contribution in [0.5, 0.6) is 0 Å². The maximum atomic E-state index is 11.3. The molecule has 1 heterocycles. The van der Waals surface area contributed by atoms with Crippen LogP contribution in [0.1, 0.15) is 45.0 Å². The first kappa shape index (κ1) is 27.1. The average Bonchev–Trinajstić information content (AvgIpc) is 2.81. The normalized spacial score (nSPS) is 12.5. The van der Waals surface area contributed by atoms with Gasteiger partial charge in [-0.25, -0.2) is 9.97 Å². The number of hydrogen-bond donors (Lipinski definition) is 1. The van der Waals surface area contributed by atoms with Crippen molar-refractivity contribution in [3.05, 3.63) is 66.9 Å². The standard InChI is InChI=1S/C25H28Cl3N5O2/c1-4-32(5-2)12-6-7-16(3)29-25-20-15-18(33(34)35)8-10-23(20)30-24(31-25)11-9-19-21(27)13-17(26)14-22(19)28/h8-11,13-16H,4-7,12H2,1-3H3,(H,29,30,31)/b11-9+/t16-/m0/s1. The molecule has 0 fully saturated rings. The molecule has 0 aliphatic carbocycles. The molecule has 7 nitrogen and oxygen atoms in total. The van der Waals surface area contributed by atoms with Gasteiger partial charge in [0.2, 0.25) is 0 Å². The van der Waals surface area contributed by atoms with Crippen molar-refractivity contribution in [2.24, 2.45) is 0 Å². The van der Waals surface area contributed by atoms with Crippen molar-refractivity contribution >= 4 is 69.4 Å². The van der Waals surface area contributed by atoms with E-state index >= 15 is 0 Å². The largest absolute Gasteiger partial charge is 0.367 e. The molecule has 0 aliphatic rings. The SMILES string of the molecule is CCN(CC)CCC[C@H](C)Nc1nc(/C=C/c2c(Cl)cc(Cl)cc2Cl)nc2ccc([N+](=O)[O-])cc12. The maximum Gasteiger partial charge on any atom is 0.270 e. The second-order valence-corrected chi connectivity index (χ2v) is 9.47. The third-order valence-corrected chi connectivity index (χ3v) is 6.58. The van der Waals surface area contributed by atoms with Gasteiger partial charge in [0.1, 0.15) is 5.82 Å². The first-order chi connectivity index (χ1) is 16.7. The van der Waals surface area contributed by atoms with Gasteiger partial charge in [0, 0.05) is 34.1 Å². The summed E-state index contributed by atoms with van der Waals surface area (Å²) in [6.07, 6.45) is 5.39. The van der Waals surface area contributed by atoms with Crippen LogP contribution < -0.4 is 5.32 Å². The summed E-state index contributed by atoms with van der Waals surface area (Å²) in [5.74, 6) is 0.966. The molecule has 0 aliphatic heterocycles. The molecule has 0 amide bonds. The number of aromatic nitrogens is 2. The number of benzene rings is 2. The molecular formula is C25H28Cl3N5O2. The summed E-state index contributed by atoms with van der Waals surface area (Å²) in [5.41, 5.74) is 1.18. The third-order valence-electron chi connectivity index (χ3n) is 5.74. The van der Waals surface area contributed by atoms with Crippen LogP contribution >= 0.6 is 34.8 Å². The lowest BCUT2D eigenvalue weighted by molar-refractivity contribution is -0.384. The molecule has 0 bridgehead atoms. The van der Waals surface area contributed by atoms with E-state index in [2.05, 4.69) is 41.0 Å². The minimum atomic E-state index is -0.422. The summed E-state index contributed by atoms with van der Waals surface area (Å²) < 4.78 is 0. The molecule has 2 aromatic carbocycles. The molecule has 0 saturated heterocycles. The first-order valence-corrected chi connectivity index (χ1v) is 12.6. The van der Waals surface area contributed by atoms with Crippen molar-refractivity contribution in [2.45, 2.75) is 39.7 Å². The lowest BCUT2D eigenvalue weighted by atomic mass is 10.1. The van der Waals surface area contributed by atoms with Crippen molar-refractivity contribution in [3.63, 3.8) is 0 Å². The molecule has 1 N–H and O–H groups in total. The monoisotopic (exact) mass is 535 g/mol. The van der Waals surface area contributed by atoms with Crippen LogP contribution in [-0.2, 0) is 0 Å². The predicted octanol–water partition coefficient (Wildman–Crippen LogP) is 7.59. The Hall–Kier alpha value is -2.45. The van der Waals surface area contributed by atoms with Crippen molar-refractivity contribution in [2.75, 3.05) is 25.0 Å². The van der Waals surface area contributed by atoms with Gasteiger partial charge in [-0.1, -0.05) is 48.7 Å². The third kappa shape index (κ3) is 7.27. The number of nitrogens with one attached hydrogen (secondary N) is 1. The van der Waals surface area contributed by atoms with Gasteiger partial charge in [-0.05, 0) is 69.8 Å². The number of nitro benzene ring substituents is 1. The summed E-state index contributed by atoms with van der Waals surface area (Å²) >= 11 is 18.6. The number of rotatable bonds is 11. The zero-order valence-corrected chi connectivity index (χ0v) is 22.2. The fourth-order valence-electron chi connectivity index (χ4n) is 3.77. The van der Waals surface area contributed by atoms with Gasteiger partial charge in [0.25, 0.3) is 5.69 Å². The van der Waals surface area contributed by atoms with Crippen molar-refractivity contribution in [1.82, 2.24) is 14.9 Å². The molecule has 186 valence electrons. The van der Waals surface area contributed by atoms with E-state index in [4.69, 9.17) is 34.8 Å². The summed E-state index contributed by atoms with van der Waals surface area (Å²) in [5, 5.41) is 16.6. The molecule has 3 rings (SSSR count). The summed E-state index contributed by atoms with van der Waals surface area (Å²) in [6, 6.07) is 7.91. The zero-order chi connectivity index (χ0) is 25.5. The fourth-order valence-corrected chi connectivity index (χ4v) is 4.71.